The third-order valence-electron chi connectivity index (χ3n) is 6.72. The lowest BCUT2D eigenvalue weighted by Gasteiger charge is -2.55. The van der Waals surface area contributed by atoms with E-state index in [4.69, 9.17) is 16.3 Å². The molecule has 2 aliphatic heterocycles. The molecule has 1 spiro atoms. The Labute approximate surface area is 206 Å². The predicted octanol–water partition coefficient (Wildman–Crippen LogP) is 4.87. The number of nitrogens with zero attached hydrogens (tertiary/aromatic N) is 2. The summed E-state index contributed by atoms with van der Waals surface area (Å²) >= 11 is 6.26. The first-order valence-electron chi connectivity index (χ1n) is 12.0. The zero-order valence-corrected chi connectivity index (χ0v) is 20.6. The van der Waals surface area contributed by atoms with Crippen molar-refractivity contribution in [1.29, 1.82) is 0 Å². The summed E-state index contributed by atoms with van der Waals surface area (Å²) in [6.07, 6.45) is 3.12. The lowest BCUT2D eigenvalue weighted by atomic mass is 9.78. The number of halogens is 1. The second-order valence-corrected chi connectivity index (χ2v) is 10.6. The molecular formula is C28H32ClN3O2. The van der Waals surface area contributed by atoms with Gasteiger partial charge in [-0.2, -0.15) is 0 Å². The smallest absolute Gasteiger partial charge is 0.240 e. The summed E-state index contributed by atoms with van der Waals surface area (Å²) < 4.78 is 7.38. The number of amides is 1. The molecule has 3 aromatic rings. The molecule has 1 amide bonds. The number of hydrogen-bond acceptors (Lipinski definition) is 3. The van der Waals surface area contributed by atoms with Crippen LogP contribution in [0, 0.1) is 5.41 Å². The van der Waals surface area contributed by atoms with Gasteiger partial charge < -0.3 is 19.5 Å². The molecule has 1 N–H and O–H groups in total. The van der Waals surface area contributed by atoms with E-state index in [0.717, 1.165) is 48.6 Å². The van der Waals surface area contributed by atoms with Crippen LogP contribution in [0.2, 0.25) is 5.02 Å². The first-order valence-corrected chi connectivity index (χ1v) is 12.4. The maximum atomic E-state index is 12.5. The average Bonchev–Trinajstić information content (AvgIpc) is 3.15. The Morgan fingerprint density at radius 3 is 2.47 bits per heavy atom. The Morgan fingerprint density at radius 1 is 1.06 bits per heavy atom. The molecule has 0 bridgehead atoms. The topological polar surface area (TPSA) is 46.5 Å². The van der Waals surface area contributed by atoms with Gasteiger partial charge in [-0.25, -0.2) is 0 Å². The fourth-order valence-corrected chi connectivity index (χ4v) is 5.19. The molecule has 2 fully saturated rings. The van der Waals surface area contributed by atoms with Gasteiger partial charge in [0.2, 0.25) is 5.91 Å². The van der Waals surface area contributed by atoms with E-state index in [1.54, 1.807) is 0 Å². The van der Waals surface area contributed by atoms with Gasteiger partial charge in [0.05, 0.1) is 13.2 Å². The third kappa shape index (κ3) is 5.07. The highest BCUT2D eigenvalue weighted by Crippen LogP contribution is 2.37. The maximum Gasteiger partial charge on any atom is 0.240 e. The van der Waals surface area contributed by atoms with Crippen molar-refractivity contribution in [2.45, 2.75) is 32.9 Å². The van der Waals surface area contributed by atoms with Crippen molar-refractivity contribution in [3.8, 4) is 22.4 Å². The number of carbonyl (C=O) groups is 1. The number of carbonyl (C=O) groups excluding carboxylic acids is 1. The van der Waals surface area contributed by atoms with Gasteiger partial charge in [0, 0.05) is 48.0 Å². The van der Waals surface area contributed by atoms with E-state index in [-0.39, 0.29) is 18.5 Å². The largest absolute Gasteiger partial charge is 0.380 e. The quantitative estimate of drug-likeness (QED) is 0.503. The predicted molar refractivity (Wildman–Crippen MR) is 137 cm³/mol. The molecule has 3 heterocycles. The molecule has 2 aromatic carbocycles. The molecule has 0 saturated carbocycles. The monoisotopic (exact) mass is 477 g/mol. The van der Waals surface area contributed by atoms with E-state index >= 15 is 0 Å². The molecule has 1 aromatic heterocycles. The second kappa shape index (κ2) is 9.57. The zero-order chi connectivity index (χ0) is 23.7. The van der Waals surface area contributed by atoms with Gasteiger partial charge in [0.15, 0.2) is 0 Å². The van der Waals surface area contributed by atoms with Crippen LogP contribution in [0.5, 0.6) is 0 Å². The minimum Gasteiger partial charge on any atom is -0.380 e. The van der Waals surface area contributed by atoms with Crippen molar-refractivity contribution in [2.24, 2.45) is 5.41 Å². The fourth-order valence-electron chi connectivity index (χ4n) is 5.00. The highest BCUT2D eigenvalue weighted by atomic mass is 35.5. The number of rotatable bonds is 8. The van der Waals surface area contributed by atoms with Crippen LogP contribution >= 0.6 is 11.6 Å². The number of nitrogens with one attached hydrogen (secondary N) is 1. The molecule has 0 atom stereocenters. The van der Waals surface area contributed by atoms with Gasteiger partial charge in [-0.1, -0.05) is 48.0 Å². The molecule has 0 radical (unpaired) electrons. The fraction of sp³-hybridized carbons (Fsp3) is 0.393. The minimum atomic E-state index is -0.00277. The van der Waals surface area contributed by atoms with Gasteiger partial charge in [-0.05, 0) is 60.7 Å². The first kappa shape index (κ1) is 23.2. The van der Waals surface area contributed by atoms with Crippen LogP contribution < -0.4 is 5.32 Å². The number of hydrogen-bond donors (Lipinski definition) is 1. The van der Waals surface area contributed by atoms with Crippen molar-refractivity contribution in [3.63, 3.8) is 0 Å². The molecule has 0 unspecified atom stereocenters. The summed E-state index contributed by atoms with van der Waals surface area (Å²) in [6.45, 7) is 9.54. The molecule has 0 aliphatic carbocycles. The molecule has 34 heavy (non-hydrogen) atoms. The zero-order valence-electron chi connectivity index (χ0n) is 19.9. The molecule has 5 nitrogen and oxygen atoms in total. The van der Waals surface area contributed by atoms with Crippen LogP contribution in [0.1, 0.15) is 19.4 Å². The molecular weight excluding hydrogens is 446 g/mol. The first-order chi connectivity index (χ1) is 16.4. The van der Waals surface area contributed by atoms with Gasteiger partial charge in [0.25, 0.3) is 0 Å². The van der Waals surface area contributed by atoms with Crippen LogP contribution in [0.3, 0.4) is 0 Å². The standard InChI is InChI=1S/C28H32ClN3O2/c1-20(2)30-27(33)15-32-14-24(13-26(32)23-4-3-5-25(29)12-23)22-8-6-21(7-9-22)10-11-31-16-28(17-31)18-34-19-28/h3-9,12-14,20H,10-11,15-19H2,1-2H3,(H,30,33). The van der Waals surface area contributed by atoms with E-state index in [9.17, 15) is 4.79 Å². The SMILES string of the molecule is CC(C)NC(=O)Cn1cc(-c2ccc(CCN3CC4(COC4)C3)cc2)cc1-c1cccc(Cl)c1. The summed E-state index contributed by atoms with van der Waals surface area (Å²) in [7, 11) is 0. The molecule has 2 aliphatic rings. The Morgan fingerprint density at radius 2 is 1.82 bits per heavy atom. The molecule has 2 saturated heterocycles. The average molecular weight is 478 g/mol. The van der Waals surface area contributed by atoms with E-state index in [2.05, 4.69) is 46.7 Å². The van der Waals surface area contributed by atoms with Crippen molar-refractivity contribution < 1.29 is 9.53 Å². The number of aromatic nitrogens is 1. The van der Waals surface area contributed by atoms with Gasteiger partial charge in [-0.15, -0.1) is 0 Å². The molecule has 178 valence electrons. The minimum absolute atomic E-state index is 0.00277. The van der Waals surface area contributed by atoms with Crippen LogP contribution in [0.25, 0.3) is 22.4 Å². The Hall–Kier alpha value is -2.60. The summed E-state index contributed by atoms with van der Waals surface area (Å²) in [5.74, 6) is -0.00277. The van der Waals surface area contributed by atoms with Crippen LogP contribution in [-0.2, 0) is 22.5 Å². The number of benzene rings is 2. The molecule has 5 rings (SSSR count). The second-order valence-electron chi connectivity index (χ2n) is 10.1. The number of likely N-dealkylation sites (tertiary alicyclic amines) is 1. The van der Waals surface area contributed by atoms with Crippen molar-refractivity contribution >= 4 is 17.5 Å². The van der Waals surface area contributed by atoms with Gasteiger partial charge in [0.1, 0.15) is 6.54 Å². The maximum absolute atomic E-state index is 12.5. The van der Waals surface area contributed by atoms with Crippen molar-refractivity contribution in [3.05, 3.63) is 71.4 Å². The lowest BCUT2D eigenvalue weighted by Crippen LogP contribution is -2.66. The highest BCUT2D eigenvalue weighted by molar-refractivity contribution is 6.30. The van der Waals surface area contributed by atoms with E-state index < -0.39 is 0 Å². The summed E-state index contributed by atoms with van der Waals surface area (Å²) in [5, 5.41) is 3.67. The highest BCUT2D eigenvalue weighted by Gasteiger charge is 2.48. The van der Waals surface area contributed by atoms with E-state index in [1.165, 1.54) is 18.7 Å². The number of ether oxygens (including phenoxy) is 1. The van der Waals surface area contributed by atoms with E-state index in [0.29, 0.717) is 10.4 Å². The Balaban J connectivity index is 1.31. The molecule has 6 heteroatoms. The van der Waals surface area contributed by atoms with Gasteiger partial charge >= 0.3 is 0 Å². The lowest BCUT2D eigenvalue weighted by molar-refractivity contribution is -0.188. The van der Waals surface area contributed by atoms with E-state index in [1.807, 2.05) is 42.7 Å². The van der Waals surface area contributed by atoms with Crippen LogP contribution in [0.4, 0.5) is 0 Å². The van der Waals surface area contributed by atoms with Crippen LogP contribution in [0.15, 0.2) is 60.8 Å². The normalized spacial score (nSPS) is 16.9. The Bertz CT molecular complexity index is 1160. The summed E-state index contributed by atoms with van der Waals surface area (Å²) in [4.78, 5) is 15.0. The summed E-state index contributed by atoms with van der Waals surface area (Å²) in [6, 6.07) is 18.8. The van der Waals surface area contributed by atoms with Gasteiger partial charge in [-0.3, -0.25) is 4.79 Å². The van der Waals surface area contributed by atoms with Crippen molar-refractivity contribution in [1.82, 2.24) is 14.8 Å². The third-order valence-corrected chi connectivity index (χ3v) is 6.95. The van der Waals surface area contributed by atoms with Crippen molar-refractivity contribution in [2.75, 3.05) is 32.8 Å². The van der Waals surface area contributed by atoms with Crippen LogP contribution in [-0.4, -0.2) is 54.3 Å². The summed E-state index contributed by atoms with van der Waals surface area (Å²) in [5.41, 5.74) is 6.03. The Kier molecular flexibility index (Phi) is 6.52.